The highest BCUT2D eigenvalue weighted by Crippen LogP contribution is 2.80. The molecule has 0 saturated carbocycles. The van der Waals surface area contributed by atoms with Gasteiger partial charge in [0.15, 0.2) is 5.38 Å². The van der Waals surface area contributed by atoms with Gasteiger partial charge in [-0.05, 0) is 31.9 Å². The topological polar surface area (TPSA) is 26.3 Å². The fourth-order valence-electron chi connectivity index (χ4n) is 1.68. The highest BCUT2D eigenvalue weighted by molar-refractivity contribution is 9.42. The fraction of sp³-hybridized carbons (Fsp3) is 0.909. The van der Waals surface area contributed by atoms with Crippen molar-refractivity contribution in [2.24, 2.45) is 0 Å². The minimum Gasteiger partial charge on any atom is -0.437 e. The van der Waals surface area contributed by atoms with Gasteiger partial charge in [-0.3, -0.25) is 4.79 Å². The van der Waals surface area contributed by atoms with Crippen LogP contribution in [0, 0.1) is 0 Å². The van der Waals surface area contributed by atoms with E-state index in [1.165, 1.54) is 0 Å². The van der Waals surface area contributed by atoms with Gasteiger partial charge in [0.05, 0.1) is 0 Å². The van der Waals surface area contributed by atoms with Crippen LogP contribution in [-0.4, -0.2) is 37.9 Å². The van der Waals surface area contributed by atoms with Gasteiger partial charge in [-0.1, -0.05) is 303 Å². The van der Waals surface area contributed by atoms with E-state index in [1.807, 2.05) is 0 Å². The lowest BCUT2D eigenvalue weighted by molar-refractivity contribution is -0.131. The summed E-state index contributed by atoms with van der Waals surface area (Å²) in [4.78, 5) is 11.2. The van der Waals surface area contributed by atoms with Crippen LogP contribution in [0.5, 0.6) is 0 Å². The molecule has 0 aliphatic heterocycles. The standard InChI is InChI=1S/C11HBr21O2/c12-2(13,4(16,17)6(20,21)8(24,25)10(28,29)30)3(14,15)5(18,19)7(22,23)9(26,27)11(31,32)34-1-33/h1H. The first-order valence-corrected chi connectivity index (χ1v) is 23.5. The summed E-state index contributed by atoms with van der Waals surface area (Å²) in [6, 6.07) is 0. The van der Waals surface area contributed by atoms with Crippen LogP contribution in [0.4, 0.5) is 0 Å². The summed E-state index contributed by atoms with van der Waals surface area (Å²) in [5.74, 6) is 0. The molecule has 0 aromatic carbocycles. The van der Waals surface area contributed by atoms with E-state index < -0.39 is 31.4 Å². The zero-order chi connectivity index (χ0) is 28.4. The molecule has 0 amide bonds. The largest absolute Gasteiger partial charge is 0.437 e. The second-order valence-corrected chi connectivity index (χ2v) is 43.4. The van der Waals surface area contributed by atoms with Crippen molar-refractivity contribution in [2.45, 2.75) is 31.4 Å². The first-order valence-electron chi connectivity index (χ1n) is 6.89. The minimum atomic E-state index is -1.44. The number of halogens is 21. The molecule has 0 aliphatic rings. The fourth-order valence-corrected chi connectivity index (χ4v) is 20.8. The second-order valence-electron chi connectivity index (χ2n) is 5.82. The molecule has 0 rings (SSSR count). The van der Waals surface area contributed by atoms with Gasteiger partial charge in [0.2, 0.25) is 3.42 Å². The predicted molar refractivity (Wildman–Crippen MR) is 222 cm³/mol. The number of alkyl halides is 21. The third-order valence-corrected chi connectivity index (χ3v) is 46.2. The van der Waals surface area contributed by atoms with Gasteiger partial charge in [-0.2, -0.15) is 0 Å². The van der Waals surface area contributed by atoms with Crippen LogP contribution >= 0.6 is 335 Å². The summed E-state index contributed by atoms with van der Waals surface area (Å²) in [5.41, 5.74) is 0. The lowest BCUT2D eigenvalue weighted by Crippen LogP contribution is -2.70. The lowest BCUT2D eigenvalue weighted by Gasteiger charge is -2.59. The molecule has 0 aromatic rings. The van der Waals surface area contributed by atoms with Crippen molar-refractivity contribution in [1.29, 1.82) is 0 Å². The zero-order valence-corrected chi connectivity index (χ0v) is 47.6. The Morgan fingerprint density at radius 1 is 0.353 bits per heavy atom. The maximum absolute atomic E-state index is 11.2. The lowest BCUT2D eigenvalue weighted by atomic mass is 10.1. The molecule has 0 heterocycles. The van der Waals surface area contributed by atoms with Gasteiger partial charge in [0, 0.05) is 0 Å². The van der Waals surface area contributed by atoms with Crippen molar-refractivity contribution in [3.8, 4) is 0 Å². The monoisotopic (exact) mass is 1820 g/mol. The molecule has 34 heavy (non-hydrogen) atoms. The third-order valence-electron chi connectivity index (χ3n) is 3.68. The molecular formula is C11HBr21O2. The smallest absolute Gasteiger partial charge is 0.295 e. The Hall–Kier alpha value is 9.55. The molecule has 0 saturated heterocycles. The molecule has 0 aliphatic carbocycles. The predicted octanol–water partition coefficient (Wildman–Crippen LogP) is 15.3. The number of carbonyl (C=O) groups is 1. The van der Waals surface area contributed by atoms with Crippen LogP contribution in [0.3, 0.4) is 0 Å². The average molecular weight is 1840 g/mol. The summed E-state index contributed by atoms with van der Waals surface area (Å²) in [6.45, 7) is 0.292. The van der Waals surface area contributed by atoms with Crippen LogP contribution in [0.25, 0.3) is 0 Å². The van der Waals surface area contributed by atoms with E-state index in [0.29, 0.717) is 6.47 Å². The van der Waals surface area contributed by atoms with E-state index >= 15 is 0 Å². The van der Waals surface area contributed by atoms with Crippen molar-refractivity contribution in [3.05, 3.63) is 0 Å². The van der Waals surface area contributed by atoms with E-state index in [4.69, 9.17) is 4.74 Å². The third kappa shape index (κ3) is 7.64. The Balaban J connectivity index is 7.04. The summed E-state index contributed by atoms with van der Waals surface area (Å²) in [7, 11) is 0. The van der Waals surface area contributed by atoms with Crippen LogP contribution in [0.1, 0.15) is 0 Å². The molecular weight excluding hydrogens is 1840 g/mol. The highest BCUT2D eigenvalue weighted by atomic mass is 80.0. The molecule has 0 aromatic heterocycles. The maximum atomic E-state index is 11.2. The maximum Gasteiger partial charge on any atom is 0.295 e. The molecule has 0 radical (unpaired) electrons. The van der Waals surface area contributed by atoms with Gasteiger partial charge < -0.3 is 4.74 Å². The number of ether oxygens (including phenoxy) is 1. The Morgan fingerprint density at radius 2 is 0.559 bits per heavy atom. The molecule has 0 atom stereocenters. The van der Waals surface area contributed by atoms with Gasteiger partial charge in [0.1, 0.15) is 22.6 Å². The average Bonchev–Trinajstić information content (AvgIpc) is 2.59. The summed E-state index contributed by atoms with van der Waals surface area (Å²) in [6.07, 6.45) is 0. The number of hydrogen-bond donors (Lipinski definition) is 0. The second kappa shape index (κ2) is 14.3. The van der Waals surface area contributed by atoms with Gasteiger partial charge in [-0.25, -0.2) is 0 Å². The van der Waals surface area contributed by atoms with Crippen LogP contribution in [0.15, 0.2) is 0 Å². The minimum absolute atomic E-state index is 0.292. The molecule has 204 valence electrons. The van der Waals surface area contributed by atoms with E-state index in [2.05, 4.69) is 335 Å². The highest BCUT2D eigenvalue weighted by Gasteiger charge is 2.80. The van der Waals surface area contributed by atoms with Crippen LogP contribution < -0.4 is 0 Å². The van der Waals surface area contributed by atoms with Crippen LogP contribution in [0.2, 0.25) is 0 Å². The Labute approximate surface area is 373 Å². The summed E-state index contributed by atoms with van der Waals surface area (Å²) < 4.78 is -6.37. The summed E-state index contributed by atoms with van der Waals surface area (Å²) >= 11 is 77.7. The Morgan fingerprint density at radius 3 is 0.765 bits per heavy atom. The quantitative estimate of drug-likeness (QED) is 0.161. The molecule has 0 N–H and O–H groups in total. The van der Waals surface area contributed by atoms with E-state index in [1.54, 1.807) is 0 Å². The summed E-state index contributed by atoms with van der Waals surface area (Å²) in [5, 5.41) is 0. The molecule has 2 nitrogen and oxygen atoms in total. The van der Waals surface area contributed by atoms with Crippen molar-refractivity contribution in [2.75, 3.05) is 0 Å². The van der Waals surface area contributed by atoms with Crippen molar-refractivity contribution >= 4 is 341 Å². The Bertz CT molecular complexity index is 761. The van der Waals surface area contributed by atoms with Crippen molar-refractivity contribution in [1.82, 2.24) is 0 Å². The van der Waals surface area contributed by atoms with Gasteiger partial charge in [0.25, 0.3) is 6.47 Å². The molecule has 23 heteroatoms. The SMILES string of the molecule is O=COC(Br)(Br)C(Br)(Br)C(Br)(Br)C(Br)(Br)C(Br)(Br)C(Br)(Br)C(Br)(Br)C(Br)(Br)C(Br)(Br)C(Br)(Br)Br. The van der Waals surface area contributed by atoms with Gasteiger partial charge in [-0.15, -0.1) is 0 Å². The van der Waals surface area contributed by atoms with Crippen molar-refractivity contribution < 1.29 is 9.53 Å². The molecule has 0 fully saturated rings. The first-order chi connectivity index (χ1) is 14.3. The molecule has 0 spiro atoms. The number of carbonyl (C=O) groups excluding carboxylic acids is 1. The van der Waals surface area contributed by atoms with Gasteiger partial charge >= 0.3 is 0 Å². The van der Waals surface area contributed by atoms with E-state index in [9.17, 15) is 4.79 Å². The van der Waals surface area contributed by atoms with Crippen LogP contribution in [-0.2, 0) is 9.53 Å². The number of rotatable bonds is 10. The van der Waals surface area contributed by atoms with Crippen molar-refractivity contribution in [3.63, 3.8) is 0 Å². The normalized spacial score (nSPS) is 16.5. The molecule has 0 bridgehead atoms. The Kier molecular flexibility index (Phi) is 18.4. The first kappa shape index (κ1) is 43.6. The van der Waals surface area contributed by atoms with E-state index in [0.717, 1.165) is 0 Å². The zero-order valence-electron chi connectivity index (χ0n) is 14.3. The van der Waals surface area contributed by atoms with E-state index in [-0.39, 0.29) is 0 Å². The number of hydrogen-bond acceptors (Lipinski definition) is 2. The molecule has 0 unspecified atom stereocenters.